The van der Waals surface area contributed by atoms with E-state index in [0.29, 0.717) is 6.04 Å². The van der Waals surface area contributed by atoms with E-state index in [1.54, 1.807) is 0 Å². The van der Waals surface area contributed by atoms with Crippen molar-refractivity contribution < 1.29 is 0 Å². The van der Waals surface area contributed by atoms with E-state index in [9.17, 15) is 0 Å². The van der Waals surface area contributed by atoms with Crippen LogP contribution in [0.15, 0.2) is 72.1 Å². The van der Waals surface area contributed by atoms with E-state index in [2.05, 4.69) is 82.3 Å². The third-order valence-corrected chi connectivity index (χ3v) is 7.11. The number of hydrogen-bond acceptors (Lipinski definition) is 3. The summed E-state index contributed by atoms with van der Waals surface area (Å²) in [7, 11) is 0. The summed E-state index contributed by atoms with van der Waals surface area (Å²) in [5.41, 5.74) is 1.44. The molecule has 1 N–H and O–H groups in total. The van der Waals surface area contributed by atoms with E-state index in [0.717, 1.165) is 26.2 Å². The Morgan fingerprint density at radius 3 is 2.21 bits per heavy atom. The van der Waals surface area contributed by atoms with Crippen LogP contribution < -0.4 is 5.32 Å². The molecule has 1 aliphatic heterocycles. The molecule has 0 radical (unpaired) electrons. The number of benzene rings is 4. The van der Waals surface area contributed by atoms with E-state index in [1.165, 1.54) is 42.8 Å². The molecule has 3 heteroatoms. The maximum absolute atomic E-state index is 3.51. The first-order chi connectivity index (χ1) is 13.9. The third-order valence-electron chi connectivity index (χ3n) is 6.19. The Balaban J connectivity index is 1.65. The van der Waals surface area contributed by atoms with E-state index < -0.39 is 0 Å². The van der Waals surface area contributed by atoms with Gasteiger partial charge in [-0.25, -0.2) is 0 Å². The fourth-order valence-corrected chi connectivity index (χ4v) is 5.79. The van der Waals surface area contributed by atoms with Gasteiger partial charge < -0.3 is 5.32 Å². The molecule has 28 heavy (non-hydrogen) atoms. The summed E-state index contributed by atoms with van der Waals surface area (Å²) in [6.45, 7) is 4.30. The van der Waals surface area contributed by atoms with Crippen molar-refractivity contribution in [3.8, 4) is 0 Å². The number of hydrogen-bond donors (Lipinski definition) is 1. The first-order valence-corrected chi connectivity index (χ1v) is 10.9. The molecule has 0 amide bonds. The van der Waals surface area contributed by atoms with Crippen LogP contribution in [0.25, 0.3) is 32.3 Å². The molecule has 5 aromatic rings. The van der Waals surface area contributed by atoms with Crippen molar-refractivity contribution >= 4 is 43.7 Å². The average Bonchev–Trinajstić information content (AvgIpc) is 3.28. The molecule has 1 fully saturated rings. The zero-order valence-electron chi connectivity index (χ0n) is 15.7. The van der Waals surface area contributed by atoms with Gasteiger partial charge in [0.05, 0.1) is 6.04 Å². The topological polar surface area (TPSA) is 15.3 Å². The monoisotopic (exact) mass is 382 g/mol. The highest BCUT2D eigenvalue weighted by atomic mass is 32.1. The van der Waals surface area contributed by atoms with E-state index in [-0.39, 0.29) is 0 Å². The van der Waals surface area contributed by atoms with Crippen molar-refractivity contribution in [2.45, 2.75) is 6.04 Å². The molecule has 1 aromatic heterocycles. The van der Waals surface area contributed by atoms with Crippen LogP contribution in [0.1, 0.15) is 16.5 Å². The second-order valence-corrected chi connectivity index (χ2v) is 8.69. The third kappa shape index (κ3) is 2.47. The first kappa shape index (κ1) is 16.5. The molecule has 138 valence electrons. The van der Waals surface area contributed by atoms with E-state index in [1.807, 2.05) is 11.3 Å². The Labute approximate surface area is 168 Å². The number of nitrogens with zero attached hydrogens (tertiary/aromatic N) is 1. The smallest absolute Gasteiger partial charge is 0.0702 e. The highest BCUT2D eigenvalue weighted by molar-refractivity contribution is 7.10. The molecule has 0 saturated carbocycles. The molecule has 2 heterocycles. The van der Waals surface area contributed by atoms with Gasteiger partial charge in [-0.1, -0.05) is 60.7 Å². The van der Waals surface area contributed by atoms with Gasteiger partial charge in [0.15, 0.2) is 0 Å². The lowest BCUT2D eigenvalue weighted by atomic mass is 9.89. The minimum atomic E-state index is 0.326. The molecule has 0 bridgehead atoms. The summed E-state index contributed by atoms with van der Waals surface area (Å²) in [5, 5.41) is 14.0. The van der Waals surface area contributed by atoms with Gasteiger partial charge >= 0.3 is 0 Å². The first-order valence-electron chi connectivity index (χ1n) is 10.0. The van der Waals surface area contributed by atoms with Crippen LogP contribution in [0.5, 0.6) is 0 Å². The Kier molecular flexibility index (Phi) is 3.86. The molecule has 0 unspecified atom stereocenters. The maximum atomic E-state index is 3.51. The summed E-state index contributed by atoms with van der Waals surface area (Å²) in [5.74, 6) is 0. The highest BCUT2D eigenvalue weighted by Crippen LogP contribution is 2.41. The molecule has 1 atom stereocenters. The molecular weight excluding hydrogens is 360 g/mol. The zero-order valence-corrected chi connectivity index (χ0v) is 16.5. The minimum absolute atomic E-state index is 0.326. The maximum Gasteiger partial charge on any atom is 0.0702 e. The van der Waals surface area contributed by atoms with Crippen LogP contribution in [0.4, 0.5) is 0 Å². The van der Waals surface area contributed by atoms with Crippen molar-refractivity contribution in [3.05, 3.63) is 82.6 Å². The SMILES string of the molecule is c1csc([C@@H](c2ccc3ccc4cccc5ccc2c3c45)N2CCNCC2)c1. The van der Waals surface area contributed by atoms with Gasteiger partial charge in [0.1, 0.15) is 0 Å². The van der Waals surface area contributed by atoms with Crippen LogP contribution in [0, 0.1) is 0 Å². The number of thiophene rings is 1. The zero-order chi connectivity index (χ0) is 18.5. The quantitative estimate of drug-likeness (QED) is 0.406. The van der Waals surface area contributed by atoms with Crippen molar-refractivity contribution in [1.82, 2.24) is 10.2 Å². The van der Waals surface area contributed by atoms with Crippen LogP contribution in [-0.4, -0.2) is 31.1 Å². The molecule has 1 aliphatic rings. The van der Waals surface area contributed by atoms with Gasteiger partial charge in [0.25, 0.3) is 0 Å². The Bertz CT molecular complexity index is 1240. The summed E-state index contributed by atoms with van der Waals surface area (Å²) < 4.78 is 0. The van der Waals surface area contributed by atoms with Crippen LogP contribution in [0.3, 0.4) is 0 Å². The number of rotatable bonds is 3. The Hall–Kier alpha value is -2.46. The normalized spacial score (nSPS) is 17.0. The largest absolute Gasteiger partial charge is 0.314 e. The molecule has 6 rings (SSSR count). The van der Waals surface area contributed by atoms with Crippen molar-refractivity contribution in [2.75, 3.05) is 26.2 Å². The van der Waals surface area contributed by atoms with Gasteiger partial charge in [-0.3, -0.25) is 4.90 Å². The van der Waals surface area contributed by atoms with Crippen LogP contribution >= 0.6 is 11.3 Å². The molecule has 0 spiro atoms. The second-order valence-electron chi connectivity index (χ2n) is 7.71. The fourth-order valence-electron chi connectivity index (χ4n) is 4.91. The fraction of sp³-hybridized carbons (Fsp3) is 0.200. The summed E-state index contributed by atoms with van der Waals surface area (Å²) in [4.78, 5) is 4.09. The summed E-state index contributed by atoms with van der Waals surface area (Å²) in [6.07, 6.45) is 0. The Morgan fingerprint density at radius 1 is 0.750 bits per heavy atom. The molecule has 1 saturated heterocycles. The predicted molar refractivity (Wildman–Crippen MR) is 121 cm³/mol. The van der Waals surface area contributed by atoms with Gasteiger partial charge in [-0.15, -0.1) is 11.3 Å². The molecular formula is C25H22N2S. The van der Waals surface area contributed by atoms with Gasteiger partial charge in [-0.05, 0) is 49.3 Å². The highest BCUT2D eigenvalue weighted by Gasteiger charge is 2.26. The van der Waals surface area contributed by atoms with E-state index >= 15 is 0 Å². The van der Waals surface area contributed by atoms with Gasteiger partial charge in [-0.2, -0.15) is 0 Å². The minimum Gasteiger partial charge on any atom is -0.314 e. The molecule has 0 aliphatic carbocycles. The molecule has 4 aromatic carbocycles. The van der Waals surface area contributed by atoms with Crippen molar-refractivity contribution in [2.24, 2.45) is 0 Å². The average molecular weight is 383 g/mol. The standard InChI is InChI=1S/C25H22N2S/c1-3-17-6-7-19-9-11-21(20-10-8-18(4-1)23(17)24(19)20)25(22-5-2-16-28-22)27-14-12-26-13-15-27/h1-11,16,25-26H,12-15H2/t25-/m1/s1. The van der Waals surface area contributed by atoms with Gasteiger partial charge in [0.2, 0.25) is 0 Å². The van der Waals surface area contributed by atoms with Gasteiger partial charge in [0, 0.05) is 31.1 Å². The second kappa shape index (κ2) is 6.56. The van der Waals surface area contributed by atoms with E-state index in [4.69, 9.17) is 0 Å². The lowest BCUT2D eigenvalue weighted by molar-refractivity contribution is 0.201. The van der Waals surface area contributed by atoms with Crippen LogP contribution in [-0.2, 0) is 0 Å². The number of piperazine rings is 1. The Morgan fingerprint density at radius 2 is 1.46 bits per heavy atom. The predicted octanol–water partition coefficient (Wildman–Crippen LogP) is 5.64. The lowest BCUT2D eigenvalue weighted by Crippen LogP contribution is -2.45. The van der Waals surface area contributed by atoms with Crippen molar-refractivity contribution in [1.29, 1.82) is 0 Å². The number of nitrogens with one attached hydrogen (secondary N) is 1. The van der Waals surface area contributed by atoms with Crippen molar-refractivity contribution in [3.63, 3.8) is 0 Å². The molecule has 2 nitrogen and oxygen atoms in total. The van der Waals surface area contributed by atoms with Crippen LogP contribution in [0.2, 0.25) is 0 Å². The summed E-state index contributed by atoms with van der Waals surface area (Å²) in [6, 6.07) is 25.3. The summed E-state index contributed by atoms with van der Waals surface area (Å²) >= 11 is 1.88. The lowest BCUT2D eigenvalue weighted by Gasteiger charge is -2.35.